The monoisotopic (exact) mass is 301 g/mol. The van der Waals surface area contributed by atoms with Gasteiger partial charge in [0, 0.05) is 9.37 Å². The van der Waals surface area contributed by atoms with E-state index < -0.39 is 0 Å². The Kier molecular flexibility index (Phi) is 5.02. The summed E-state index contributed by atoms with van der Waals surface area (Å²) in [6.07, 6.45) is 3.68. The Hall–Kier alpha value is -0.640. The maximum atomic E-state index is 8.48. The summed E-state index contributed by atoms with van der Waals surface area (Å²) in [5.74, 6) is 0. The number of hydrogen-bond donors (Lipinski definition) is 2. The van der Waals surface area contributed by atoms with E-state index in [1.165, 1.54) is 11.8 Å². The summed E-state index contributed by atoms with van der Waals surface area (Å²) >= 11 is 9.00. The zero-order valence-electron chi connectivity index (χ0n) is 7.86. The predicted octanol–water partition coefficient (Wildman–Crippen LogP) is 3.16. The number of amidine groups is 1. The second-order valence-electron chi connectivity index (χ2n) is 2.49. The Balaban J connectivity index is 3.01. The van der Waals surface area contributed by atoms with E-state index in [0.717, 1.165) is 15.1 Å². The highest BCUT2D eigenvalue weighted by Crippen LogP contribution is 2.27. The van der Waals surface area contributed by atoms with Crippen molar-refractivity contribution in [1.29, 1.82) is 5.26 Å². The van der Waals surface area contributed by atoms with Gasteiger partial charge in [-0.15, -0.1) is 12.6 Å². The molecule has 3 nitrogen and oxygen atoms in total. The number of nitrogens with zero attached hydrogens (tertiary/aromatic N) is 2. The number of thioether (sulfide) groups is 1. The van der Waals surface area contributed by atoms with Crippen molar-refractivity contribution in [3.63, 3.8) is 0 Å². The number of aliphatic imine (C=N–C) groups is 1. The van der Waals surface area contributed by atoms with Crippen molar-refractivity contribution in [2.45, 2.75) is 4.90 Å². The molecule has 0 radical (unpaired) electrons. The van der Waals surface area contributed by atoms with E-state index in [2.05, 4.69) is 38.9 Å². The molecule has 0 aliphatic rings. The van der Waals surface area contributed by atoms with Crippen LogP contribution in [0.5, 0.6) is 0 Å². The molecule has 0 aliphatic heterocycles. The molecule has 0 heterocycles. The summed E-state index contributed by atoms with van der Waals surface area (Å²) in [5, 5.41) is 11.5. The molecule has 0 bridgehead atoms. The summed E-state index contributed by atoms with van der Waals surface area (Å²) in [4.78, 5) is 5.02. The quantitative estimate of drug-likeness (QED) is 0.275. The van der Waals surface area contributed by atoms with E-state index in [1.54, 1.807) is 0 Å². The van der Waals surface area contributed by atoms with E-state index in [9.17, 15) is 0 Å². The van der Waals surface area contributed by atoms with Gasteiger partial charge in [0.05, 0.1) is 5.69 Å². The number of hydrogen-bond acceptors (Lipinski definition) is 4. The van der Waals surface area contributed by atoms with Crippen LogP contribution in [0.1, 0.15) is 0 Å². The first kappa shape index (κ1) is 12.4. The first-order chi connectivity index (χ1) is 7.17. The Bertz CT molecular complexity index is 426. The summed E-state index contributed by atoms with van der Waals surface area (Å²) in [5.41, 5.74) is 0.730. The van der Waals surface area contributed by atoms with Gasteiger partial charge in [-0.25, -0.2) is 4.99 Å². The smallest absolute Gasteiger partial charge is 0.183 e. The van der Waals surface area contributed by atoms with Gasteiger partial charge in [0.1, 0.15) is 0 Å². The number of nitriles is 1. The van der Waals surface area contributed by atoms with Crippen LogP contribution in [0.25, 0.3) is 0 Å². The molecule has 0 aliphatic carbocycles. The van der Waals surface area contributed by atoms with Crippen LogP contribution in [0.15, 0.2) is 32.6 Å². The third-order valence-corrected chi connectivity index (χ3v) is 2.95. The van der Waals surface area contributed by atoms with Crippen LogP contribution >= 0.6 is 40.3 Å². The second kappa shape index (κ2) is 6.05. The fourth-order valence-corrected chi connectivity index (χ4v) is 2.01. The SMILES string of the molecule is CSC(=Nc1ccc(Br)cc1S)NC#N. The summed E-state index contributed by atoms with van der Waals surface area (Å²) in [6, 6.07) is 5.57. The highest BCUT2D eigenvalue weighted by Gasteiger charge is 2.00. The molecule has 0 saturated heterocycles. The zero-order chi connectivity index (χ0) is 11.3. The van der Waals surface area contributed by atoms with E-state index in [1.807, 2.05) is 30.6 Å². The lowest BCUT2D eigenvalue weighted by Gasteiger charge is -2.02. The van der Waals surface area contributed by atoms with Crippen LogP contribution in [0.3, 0.4) is 0 Å². The highest BCUT2D eigenvalue weighted by molar-refractivity contribution is 9.10. The molecule has 1 aromatic carbocycles. The first-order valence-corrected chi connectivity index (χ1v) is 6.40. The predicted molar refractivity (Wildman–Crippen MR) is 70.8 cm³/mol. The number of thiol groups is 1. The van der Waals surface area contributed by atoms with Gasteiger partial charge in [0.2, 0.25) is 0 Å². The molecule has 0 spiro atoms. The Morgan fingerprint density at radius 2 is 2.40 bits per heavy atom. The van der Waals surface area contributed by atoms with Gasteiger partial charge in [0.25, 0.3) is 0 Å². The standard InChI is InChI=1S/C9H8BrN3S2/c1-15-9(12-5-11)13-7-3-2-6(10)4-8(7)14/h2-4,14H,1H3,(H,12,13). The third-order valence-electron chi connectivity index (χ3n) is 1.52. The van der Waals surface area contributed by atoms with E-state index in [-0.39, 0.29) is 0 Å². The molecule has 1 aromatic rings. The number of halogens is 1. The fourth-order valence-electron chi connectivity index (χ4n) is 0.873. The molecule has 0 unspecified atom stereocenters. The molecule has 0 amide bonds. The largest absolute Gasteiger partial charge is 0.271 e. The molecular weight excluding hydrogens is 294 g/mol. The molecule has 0 atom stereocenters. The van der Waals surface area contributed by atoms with Crippen molar-refractivity contribution in [2.75, 3.05) is 6.26 Å². The van der Waals surface area contributed by atoms with Crippen molar-refractivity contribution in [1.82, 2.24) is 5.32 Å². The van der Waals surface area contributed by atoms with Crippen molar-refractivity contribution in [3.05, 3.63) is 22.7 Å². The minimum Gasteiger partial charge on any atom is -0.271 e. The van der Waals surface area contributed by atoms with Crippen LogP contribution in [-0.4, -0.2) is 11.4 Å². The molecule has 1 rings (SSSR count). The topological polar surface area (TPSA) is 48.2 Å². The molecule has 1 N–H and O–H groups in total. The summed E-state index contributed by atoms with van der Waals surface area (Å²) in [6.45, 7) is 0. The molecular formula is C9H8BrN3S2. The molecule has 0 aromatic heterocycles. The van der Waals surface area contributed by atoms with Crippen molar-refractivity contribution >= 4 is 51.2 Å². The van der Waals surface area contributed by atoms with Crippen LogP contribution in [0.4, 0.5) is 5.69 Å². The normalized spacial score (nSPS) is 10.9. The van der Waals surface area contributed by atoms with Crippen molar-refractivity contribution < 1.29 is 0 Å². The molecule has 0 saturated carbocycles. The van der Waals surface area contributed by atoms with Gasteiger partial charge in [-0.1, -0.05) is 27.7 Å². The Morgan fingerprint density at radius 3 is 2.93 bits per heavy atom. The van der Waals surface area contributed by atoms with Gasteiger partial charge in [-0.05, 0) is 24.5 Å². The van der Waals surface area contributed by atoms with Gasteiger partial charge in [0.15, 0.2) is 11.4 Å². The number of rotatable bonds is 1. The van der Waals surface area contributed by atoms with E-state index in [0.29, 0.717) is 5.17 Å². The van der Waals surface area contributed by atoms with Gasteiger partial charge < -0.3 is 0 Å². The lowest BCUT2D eigenvalue weighted by Crippen LogP contribution is -2.12. The lowest BCUT2D eigenvalue weighted by molar-refractivity contribution is 1.26. The maximum Gasteiger partial charge on any atom is 0.183 e. The first-order valence-electron chi connectivity index (χ1n) is 3.93. The summed E-state index contributed by atoms with van der Waals surface area (Å²) < 4.78 is 0.949. The highest BCUT2D eigenvalue weighted by atomic mass is 79.9. The minimum absolute atomic E-state index is 0.551. The van der Waals surface area contributed by atoms with Gasteiger partial charge >= 0.3 is 0 Å². The lowest BCUT2D eigenvalue weighted by atomic mass is 10.3. The third kappa shape index (κ3) is 3.78. The van der Waals surface area contributed by atoms with E-state index in [4.69, 9.17) is 5.26 Å². The van der Waals surface area contributed by atoms with Crippen LogP contribution in [0, 0.1) is 11.5 Å². The molecule has 6 heteroatoms. The molecule has 15 heavy (non-hydrogen) atoms. The average Bonchev–Trinajstić information content (AvgIpc) is 2.21. The van der Waals surface area contributed by atoms with Crippen LogP contribution in [-0.2, 0) is 0 Å². The van der Waals surface area contributed by atoms with Gasteiger partial charge in [-0.2, -0.15) is 5.26 Å². The van der Waals surface area contributed by atoms with Gasteiger partial charge in [-0.3, -0.25) is 5.32 Å². The number of nitrogens with one attached hydrogen (secondary N) is 1. The fraction of sp³-hybridized carbons (Fsp3) is 0.111. The number of benzene rings is 1. The van der Waals surface area contributed by atoms with Crippen LogP contribution < -0.4 is 5.32 Å². The maximum absolute atomic E-state index is 8.48. The van der Waals surface area contributed by atoms with E-state index >= 15 is 0 Å². The Morgan fingerprint density at radius 1 is 1.67 bits per heavy atom. The minimum atomic E-state index is 0.551. The van der Waals surface area contributed by atoms with Crippen molar-refractivity contribution in [2.24, 2.45) is 4.99 Å². The molecule has 0 fully saturated rings. The average molecular weight is 302 g/mol. The summed E-state index contributed by atoms with van der Waals surface area (Å²) in [7, 11) is 0. The van der Waals surface area contributed by atoms with Crippen molar-refractivity contribution in [3.8, 4) is 6.19 Å². The Labute approximate surface area is 107 Å². The molecule has 78 valence electrons. The van der Waals surface area contributed by atoms with Crippen LogP contribution in [0.2, 0.25) is 0 Å². The zero-order valence-corrected chi connectivity index (χ0v) is 11.2. The second-order valence-corrected chi connectivity index (χ2v) is 4.68.